The van der Waals surface area contributed by atoms with E-state index in [1.165, 1.54) is 4.31 Å². The summed E-state index contributed by atoms with van der Waals surface area (Å²) in [6.07, 6.45) is 5.65. The van der Waals surface area contributed by atoms with Crippen LogP contribution in [0.15, 0.2) is 36.9 Å². The molecule has 4 rings (SSSR count). The largest absolute Gasteiger partial charge is 0.481 e. The van der Waals surface area contributed by atoms with Crippen molar-refractivity contribution in [3.8, 4) is 5.69 Å². The smallest absolute Gasteiger partial charge is 0.307 e. The molecular formula is C22H27N5O4S. The zero-order valence-corrected chi connectivity index (χ0v) is 19.2. The Labute approximate surface area is 187 Å². The molecule has 1 unspecified atom stereocenters. The quantitative estimate of drug-likeness (QED) is 0.579. The zero-order valence-electron chi connectivity index (χ0n) is 18.4. The van der Waals surface area contributed by atoms with Crippen LogP contribution >= 0.6 is 0 Å². The van der Waals surface area contributed by atoms with Crippen molar-refractivity contribution in [2.45, 2.75) is 20.3 Å². The maximum Gasteiger partial charge on any atom is 0.307 e. The van der Waals surface area contributed by atoms with Gasteiger partial charge in [0.05, 0.1) is 29.2 Å². The van der Waals surface area contributed by atoms with Crippen molar-refractivity contribution < 1.29 is 18.3 Å². The third-order valence-corrected chi connectivity index (χ3v) is 8.04. The molecule has 0 radical (unpaired) electrons. The van der Waals surface area contributed by atoms with Gasteiger partial charge < -0.3 is 14.6 Å². The second kappa shape index (κ2) is 8.51. The Kier molecular flexibility index (Phi) is 5.91. The number of hydrogen-bond donors (Lipinski definition) is 1. The number of pyridine rings is 1. The molecule has 170 valence electrons. The SMILES string of the molecule is Cc1ccc2c(-n3ccnc3)cc(N(C)CCS(=O)(=O)N3CCC(C(=O)O)C3)nc2c1C. The first-order chi connectivity index (χ1) is 15.2. The van der Waals surface area contributed by atoms with E-state index in [-0.39, 0.29) is 25.4 Å². The van der Waals surface area contributed by atoms with Crippen LogP contribution in [-0.4, -0.2) is 70.8 Å². The first kappa shape index (κ1) is 22.2. The van der Waals surface area contributed by atoms with E-state index in [0.717, 1.165) is 27.7 Å². The number of sulfonamides is 1. The van der Waals surface area contributed by atoms with E-state index < -0.39 is 21.9 Å². The minimum absolute atomic E-state index is 0.0405. The van der Waals surface area contributed by atoms with Crippen molar-refractivity contribution >= 4 is 32.7 Å². The molecule has 9 nitrogen and oxygen atoms in total. The van der Waals surface area contributed by atoms with Crippen LogP contribution in [0.3, 0.4) is 0 Å². The van der Waals surface area contributed by atoms with E-state index in [9.17, 15) is 13.2 Å². The predicted molar refractivity (Wildman–Crippen MR) is 123 cm³/mol. The standard InChI is InChI=1S/C22H27N5O4S/c1-15-4-5-18-19(26-9-7-23-14-26)12-20(24-21(18)16(15)2)25(3)10-11-32(30,31)27-8-6-17(13-27)22(28)29/h4-5,7,9,12,14,17H,6,8,10-11,13H2,1-3H3,(H,28,29). The van der Waals surface area contributed by atoms with Gasteiger partial charge in [-0.15, -0.1) is 0 Å². The fraction of sp³-hybridized carbons (Fsp3) is 0.409. The average molecular weight is 458 g/mol. The molecule has 1 N–H and O–H groups in total. The summed E-state index contributed by atoms with van der Waals surface area (Å²) in [5.74, 6) is -1.02. The lowest BCUT2D eigenvalue weighted by Gasteiger charge is -2.23. The van der Waals surface area contributed by atoms with Crippen LogP contribution in [-0.2, 0) is 14.8 Å². The molecule has 3 heterocycles. The van der Waals surface area contributed by atoms with Crippen molar-refractivity contribution in [1.82, 2.24) is 18.8 Å². The van der Waals surface area contributed by atoms with Gasteiger partial charge in [0.2, 0.25) is 10.0 Å². The molecule has 3 aromatic rings. The van der Waals surface area contributed by atoms with E-state index in [2.05, 4.69) is 11.1 Å². The second-order valence-corrected chi connectivity index (χ2v) is 10.4. The highest BCUT2D eigenvalue weighted by atomic mass is 32.2. The summed E-state index contributed by atoms with van der Waals surface area (Å²) >= 11 is 0. The molecule has 10 heteroatoms. The Balaban J connectivity index is 1.61. The van der Waals surface area contributed by atoms with Gasteiger partial charge in [0.25, 0.3) is 0 Å². The molecule has 1 fully saturated rings. The van der Waals surface area contributed by atoms with Crippen LogP contribution in [0.5, 0.6) is 0 Å². The topological polar surface area (TPSA) is 109 Å². The number of carboxylic acids is 1. The molecule has 0 amide bonds. The molecule has 0 bridgehead atoms. The molecule has 0 aliphatic carbocycles. The van der Waals surface area contributed by atoms with E-state index in [4.69, 9.17) is 10.1 Å². The van der Waals surface area contributed by atoms with Crippen LogP contribution < -0.4 is 4.90 Å². The highest BCUT2D eigenvalue weighted by Crippen LogP contribution is 2.29. The van der Waals surface area contributed by atoms with Crippen LogP contribution in [0.1, 0.15) is 17.5 Å². The number of hydrogen-bond acceptors (Lipinski definition) is 6. The maximum absolute atomic E-state index is 12.8. The molecule has 0 spiro atoms. The summed E-state index contributed by atoms with van der Waals surface area (Å²) in [7, 11) is -1.74. The summed E-state index contributed by atoms with van der Waals surface area (Å²) in [5, 5.41) is 10.1. The maximum atomic E-state index is 12.8. The Bertz CT molecular complexity index is 1260. The molecule has 1 saturated heterocycles. The highest BCUT2D eigenvalue weighted by molar-refractivity contribution is 7.89. The highest BCUT2D eigenvalue weighted by Gasteiger charge is 2.34. The Morgan fingerprint density at radius 3 is 2.75 bits per heavy atom. The molecule has 1 aromatic carbocycles. The number of carboxylic acid groups (broad SMARTS) is 1. The van der Waals surface area contributed by atoms with Crippen molar-refractivity contribution in [3.63, 3.8) is 0 Å². The van der Waals surface area contributed by atoms with E-state index in [0.29, 0.717) is 12.2 Å². The van der Waals surface area contributed by atoms with Gasteiger partial charge >= 0.3 is 5.97 Å². The fourth-order valence-corrected chi connectivity index (χ4v) is 5.54. The number of imidazole rings is 1. The van der Waals surface area contributed by atoms with E-state index in [1.807, 2.05) is 48.7 Å². The molecule has 1 aliphatic rings. The van der Waals surface area contributed by atoms with Crippen LogP contribution in [0, 0.1) is 19.8 Å². The van der Waals surface area contributed by atoms with Crippen LogP contribution in [0.2, 0.25) is 0 Å². The minimum Gasteiger partial charge on any atom is -0.481 e. The molecule has 0 saturated carbocycles. The fourth-order valence-electron chi connectivity index (χ4n) is 3.99. The normalized spacial score (nSPS) is 17.2. The van der Waals surface area contributed by atoms with Crippen molar-refractivity contribution in [1.29, 1.82) is 0 Å². The van der Waals surface area contributed by atoms with Gasteiger partial charge in [0.1, 0.15) is 5.82 Å². The minimum atomic E-state index is -3.55. The predicted octanol–water partition coefficient (Wildman–Crippen LogP) is 2.21. The molecule has 1 atom stereocenters. The average Bonchev–Trinajstić information content (AvgIpc) is 3.47. The lowest BCUT2D eigenvalue weighted by molar-refractivity contribution is -0.141. The van der Waals surface area contributed by atoms with Gasteiger partial charge in [-0.05, 0) is 31.4 Å². The molecule has 1 aliphatic heterocycles. The number of nitrogens with zero attached hydrogens (tertiary/aromatic N) is 5. The Hall–Kier alpha value is -2.98. The van der Waals surface area contributed by atoms with E-state index >= 15 is 0 Å². The van der Waals surface area contributed by atoms with Gasteiger partial charge in [-0.25, -0.2) is 22.7 Å². The summed E-state index contributed by atoms with van der Waals surface area (Å²) in [4.78, 5) is 22.0. The molecular weight excluding hydrogens is 430 g/mol. The number of carbonyl (C=O) groups is 1. The Morgan fingerprint density at radius 1 is 1.31 bits per heavy atom. The third-order valence-electron chi connectivity index (χ3n) is 6.22. The number of benzene rings is 1. The summed E-state index contributed by atoms with van der Waals surface area (Å²) < 4.78 is 28.8. The van der Waals surface area contributed by atoms with Crippen LogP contribution in [0.25, 0.3) is 16.6 Å². The first-order valence-corrected chi connectivity index (χ1v) is 12.1. The third kappa shape index (κ3) is 4.20. The summed E-state index contributed by atoms with van der Waals surface area (Å²) in [6, 6.07) is 6.04. The van der Waals surface area contributed by atoms with Gasteiger partial charge in [-0.3, -0.25) is 4.79 Å². The van der Waals surface area contributed by atoms with Gasteiger partial charge in [-0.2, -0.15) is 0 Å². The monoisotopic (exact) mass is 457 g/mol. The lowest BCUT2D eigenvalue weighted by atomic mass is 10.0. The van der Waals surface area contributed by atoms with Crippen LogP contribution in [0.4, 0.5) is 5.82 Å². The van der Waals surface area contributed by atoms with Gasteiger partial charge in [0.15, 0.2) is 0 Å². The van der Waals surface area contributed by atoms with Gasteiger partial charge in [-0.1, -0.05) is 12.1 Å². The number of anilines is 1. The number of fused-ring (bicyclic) bond motifs is 1. The molecule has 2 aromatic heterocycles. The Morgan fingerprint density at radius 2 is 2.09 bits per heavy atom. The summed E-state index contributed by atoms with van der Waals surface area (Å²) in [5.41, 5.74) is 3.99. The van der Waals surface area contributed by atoms with Crippen molar-refractivity contribution in [2.24, 2.45) is 5.92 Å². The van der Waals surface area contributed by atoms with Crippen molar-refractivity contribution in [3.05, 3.63) is 48.0 Å². The van der Waals surface area contributed by atoms with Gasteiger partial charge in [0, 0.05) is 50.5 Å². The number of aliphatic carboxylic acids is 1. The lowest BCUT2D eigenvalue weighted by Crippen LogP contribution is -2.36. The number of rotatable bonds is 7. The zero-order chi connectivity index (χ0) is 23.0. The second-order valence-electron chi connectivity index (χ2n) is 8.29. The van der Waals surface area contributed by atoms with Crippen molar-refractivity contribution in [2.75, 3.05) is 37.3 Å². The first-order valence-electron chi connectivity index (χ1n) is 10.5. The summed E-state index contributed by atoms with van der Waals surface area (Å²) in [6.45, 7) is 4.60. The number of aromatic nitrogens is 3. The molecule has 32 heavy (non-hydrogen) atoms. The van der Waals surface area contributed by atoms with E-state index in [1.54, 1.807) is 12.5 Å². The number of aryl methyl sites for hydroxylation is 2.